The maximum atomic E-state index is 12.3. The van der Waals surface area contributed by atoms with Crippen LogP contribution in [-0.4, -0.2) is 26.7 Å². The fourth-order valence-corrected chi connectivity index (χ4v) is 2.48. The molecule has 0 aliphatic carbocycles. The highest BCUT2D eigenvalue weighted by atomic mass is 16.5. The minimum atomic E-state index is -0.0735. The summed E-state index contributed by atoms with van der Waals surface area (Å²) in [5, 5.41) is 6.15. The molecule has 0 bridgehead atoms. The van der Waals surface area contributed by atoms with Gasteiger partial charge in [-0.3, -0.25) is 4.79 Å². The molecule has 1 unspecified atom stereocenters. The van der Waals surface area contributed by atoms with Crippen molar-refractivity contribution in [2.24, 2.45) is 0 Å². The van der Waals surface area contributed by atoms with Crippen molar-refractivity contribution in [1.82, 2.24) is 5.32 Å². The molecule has 24 heavy (non-hydrogen) atoms. The Bertz CT molecular complexity index is 659. The second-order valence-corrected chi connectivity index (χ2v) is 5.36. The first-order valence-corrected chi connectivity index (χ1v) is 7.98. The van der Waals surface area contributed by atoms with Crippen LogP contribution in [0.3, 0.4) is 0 Å². The average Bonchev–Trinajstić information content (AvgIpc) is 2.64. The third kappa shape index (κ3) is 4.65. The Kier molecular flexibility index (Phi) is 6.49. The van der Waals surface area contributed by atoms with Gasteiger partial charge in [-0.2, -0.15) is 0 Å². The number of hydrogen-bond acceptors (Lipinski definition) is 4. The first-order valence-electron chi connectivity index (χ1n) is 7.98. The zero-order valence-electron chi connectivity index (χ0n) is 14.3. The van der Waals surface area contributed by atoms with Gasteiger partial charge in [0.15, 0.2) is 0 Å². The third-order valence-corrected chi connectivity index (χ3v) is 3.79. The van der Waals surface area contributed by atoms with Crippen LogP contribution < -0.4 is 20.1 Å². The normalized spacial score (nSPS) is 11.5. The molecular formula is C19H24N2O3. The van der Waals surface area contributed by atoms with Crippen molar-refractivity contribution < 1.29 is 14.3 Å². The van der Waals surface area contributed by atoms with Gasteiger partial charge >= 0.3 is 0 Å². The second kappa shape index (κ2) is 8.82. The summed E-state index contributed by atoms with van der Waals surface area (Å²) in [6, 6.07) is 15.4. The van der Waals surface area contributed by atoms with Crippen molar-refractivity contribution in [3.8, 4) is 11.5 Å². The number of hydrogen-bond donors (Lipinski definition) is 2. The maximum Gasteiger partial charge on any atom is 0.239 e. The minimum Gasteiger partial charge on any atom is -0.497 e. The molecule has 0 saturated heterocycles. The van der Waals surface area contributed by atoms with Crippen molar-refractivity contribution in [3.63, 3.8) is 0 Å². The molecule has 0 aliphatic rings. The topological polar surface area (TPSA) is 59.6 Å². The number of rotatable bonds is 8. The average molecular weight is 328 g/mol. The van der Waals surface area contributed by atoms with E-state index in [4.69, 9.17) is 9.47 Å². The monoisotopic (exact) mass is 328 g/mol. The first kappa shape index (κ1) is 17.7. The zero-order valence-corrected chi connectivity index (χ0v) is 14.3. The largest absolute Gasteiger partial charge is 0.497 e. The van der Waals surface area contributed by atoms with Crippen molar-refractivity contribution >= 4 is 11.6 Å². The number of methoxy groups -OCH3 is 2. The molecule has 0 saturated carbocycles. The number of benzene rings is 2. The molecule has 1 amide bonds. The number of ether oxygens (including phenoxy) is 2. The van der Waals surface area contributed by atoms with Gasteiger partial charge in [0.05, 0.1) is 32.5 Å². The molecular weight excluding hydrogens is 304 g/mol. The van der Waals surface area contributed by atoms with Crippen LogP contribution in [0.2, 0.25) is 0 Å². The minimum absolute atomic E-state index is 0.00713. The summed E-state index contributed by atoms with van der Waals surface area (Å²) < 4.78 is 10.5. The second-order valence-electron chi connectivity index (χ2n) is 5.36. The van der Waals surface area contributed by atoms with Crippen LogP contribution in [-0.2, 0) is 4.79 Å². The molecule has 1 atom stereocenters. The van der Waals surface area contributed by atoms with Crippen LogP contribution in [0.1, 0.15) is 24.9 Å². The van der Waals surface area contributed by atoms with Gasteiger partial charge in [-0.25, -0.2) is 0 Å². The summed E-state index contributed by atoms with van der Waals surface area (Å²) in [6.07, 6.45) is 0.832. The van der Waals surface area contributed by atoms with E-state index in [0.29, 0.717) is 11.5 Å². The fourth-order valence-electron chi connectivity index (χ4n) is 2.48. The van der Waals surface area contributed by atoms with E-state index < -0.39 is 0 Å². The summed E-state index contributed by atoms with van der Waals surface area (Å²) in [5.74, 6) is 1.30. The van der Waals surface area contributed by atoms with E-state index in [2.05, 4.69) is 17.6 Å². The van der Waals surface area contributed by atoms with Gasteiger partial charge in [-0.1, -0.05) is 37.3 Å². The Morgan fingerprint density at radius 3 is 2.46 bits per heavy atom. The lowest BCUT2D eigenvalue weighted by Gasteiger charge is -2.18. The highest BCUT2D eigenvalue weighted by molar-refractivity contribution is 5.81. The lowest BCUT2D eigenvalue weighted by atomic mass is 10.0. The summed E-state index contributed by atoms with van der Waals surface area (Å²) in [6.45, 7) is 2.21. The summed E-state index contributed by atoms with van der Waals surface area (Å²) in [5.41, 5.74) is 1.83. The molecule has 2 aromatic rings. The number of anilines is 1. The van der Waals surface area contributed by atoms with Crippen LogP contribution in [0, 0.1) is 0 Å². The molecule has 2 N–H and O–H groups in total. The number of carbonyl (C=O) groups is 1. The van der Waals surface area contributed by atoms with Gasteiger partial charge in [0.1, 0.15) is 11.5 Å². The van der Waals surface area contributed by atoms with Gasteiger partial charge in [0.25, 0.3) is 0 Å². The highest BCUT2D eigenvalue weighted by Gasteiger charge is 2.13. The Morgan fingerprint density at radius 2 is 1.83 bits per heavy atom. The van der Waals surface area contributed by atoms with Gasteiger partial charge in [-0.15, -0.1) is 0 Å². The molecule has 2 aromatic carbocycles. The highest BCUT2D eigenvalue weighted by Crippen LogP contribution is 2.28. The van der Waals surface area contributed by atoms with Gasteiger partial charge in [0.2, 0.25) is 5.91 Å². The summed E-state index contributed by atoms with van der Waals surface area (Å²) in [4.78, 5) is 12.3. The predicted octanol–water partition coefficient (Wildman–Crippen LogP) is 3.38. The number of nitrogens with one attached hydrogen (secondary N) is 2. The smallest absolute Gasteiger partial charge is 0.239 e. The zero-order chi connectivity index (χ0) is 17.4. The van der Waals surface area contributed by atoms with E-state index in [9.17, 15) is 4.79 Å². The predicted molar refractivity (Wildman–Crippen MR) is 95.7 cm³/mol. The van der Waals surface area contributed by atoms with E-state index in [0.717, 1.165) is 17.7 Å². The van der Waals surface area contributed by atoms with Crippen LogP contribution in [0.25, 0.3) is 0 Å². The quantitative estimate of drug-likeness (QED) is 0.780. The Hall–Kier alpha value is -2.69. The maximum absolute atomic E-state index is 12.3. The summed E-state index contributed by atoms with van der Waals surface area (Å²) in [7, 11) is 3.19. The molecule has 0 heterocycles. The van der Waals surface area contributed by atoms with Crippen molar-refractivity contribution in [2.75, 3.05) is 26.1 Å². The van der Waals surface area contributed by atoms with E-state index in [1.165, 1.54) is 0 Å². The number of carbonyl (C=O) groups excluding carboxylic acids is 1. The van der Waals surface area contributed by atoms with Crippen LogP contribution in [0.4, 0.5) is 5.69 Å². The first-order chi connectivity index (χ1) is 11.7. The fraction of sp³-hybridized carbons (Fsp3) is 0.316. The van der Waals surface area contributed by atoms with E-state index in [1.807, 2.05) is 36.4 Å². The third-order valence-electron chi connectivity index (χ3n) is 3.79. The molecule has 0 spiro atoms. The van der Waals surface area contributed by atoms with Crippen molar-refractivity contribution in [1.29, 1.82) is 0 Å². The van der Waals surface area contributed by atoms with E-state index in [-0.39, 0.29) is 18.5 Å². The van der Waals surface area contributed by atoms with Gasteiger partial charge in [0, 0.05) is 6.07 Å². The van der Waals surface area contributed by atoms with Crippen LogP contribution in [0.5, 0.6) is 11.5 Å². The van der Waals surface area contributed by atoms with Gasteiger partial charge < -0.3 is 20.1 Å². The Labute approximate surface area is 143 Å². The van der Waals surface area contributed by atoms with Crippen molar-refractivity contribution in [2.45, 2.75) is 19.4 Å². The van der Waals surface area contributed by atoms with Crippen molar-refractivity contribution in [3.05, 3.63) is 54.1 Å². The molecule has 2 rings (SSSR count). The lowest BCUT2D eigenvalue weighted by molar-refractivity contribution is -0.120. The molecule has 5 nitrogen and oxygen atoms in total. The summed E-state index contributed by atoms with van der Waals surface area (Å²) >= 11 is 0. The molecule has 0 fully saturated rings. The molecule has 0 radical (unpaired) electrons. The molecule has 0 aliphatic heterocycles. The molecule has 128 valence electrons. The molecule has 5 heteroatoms. The SMILES string of the molecule is CCC(NC(=O)CNc1cc(OC)ccc1OC)c1ccccc1. The van der Waals surface area contributed by atoms with Crippen LogP contribution >= 0.6 is 0 Å². The lowest BCUT2D eigenvalue weighted by Crippen LogP contribution is -2.33. The number of amides is 1. The van der Waals surface area contributed by atoms with Crippen LogP contribution in [0.15, 0.2) is 48.5 Å². The molecule has 0 aromatic heterocycles. The van der Waals surface area contributed by atoms with Gasteiger partial charge in [-0.05, 0) is 24.1 Å². The standard InChI is InChI=1S/C19H24N2O3/c1-4-16(14-8-6-5-7-9-14)21-19(22)13-20-17-12-15(23-2)10-11-18(17)24-3/h5-12,16,20H,4,13H2,1-3H3,(H,21,22). The van der Waals surface area contributed by atoms with E-state index in [1.54, 1.807) is 26.4 Å². The van der Waals surface area contributed by atoms with E-state index >= 15 is 0 Å². The Balaban J connectivity index is 1.98. The Morgan fingerprint density at radius 1 is 1.08 bits per heavy atom.